The maximum atomic E-state index is 12.9. The van der Waals surface area contributed by atoms with Crippen LogP contribution >= 0.6 is 0 Å². The number of esters is 3. The summed E-state index contributed by atoms with van der Waals surface area (Å²) in [5.41, 5.74) is -1.30. The average Bonchev–Trinajstić information content (AvgIpc) is 2.64. The second-order valence-corrected chi connectivity index (χ2v) is 8.80. The van der Waals surface area contributed by atoms with Gasteiger partial charge < -0.3 is 14.2 Å². The fourth-order valence-corrected chi connectivity index (χ4v) is 2.64. The first-order valence-electron chi connectivity index (χ1n) is 9.62. The van der Waals surface area contributed by atoms with E-state index in [1.54, 1.807) is 0 Å². The minimum absolute atomic E-state index is 0. The molecule has 0 saturated heterocycles. The molecule has 0 fully saturated rings. The van der Waals surface area contributed by atoms with Crippen molar-refractivity contribution in [1.82, 2.24) is 0 Å². The second kappa shape index (κ2) is 16.1. The Balaban J connectivity index is 0. The molecule has 174 valence electrons. The van der Waals surface area contributed by atoms with Gasteiger partial charge in [-0.05, 0) is 20.3 Å². The molecule has 0 aliphatic heterocycles. The summed E-state index contributed by atoms with van der Waals surface area (Å²) in [7, 11) is -4.33. The standard InChI is InChI=1S/C20H32O9S.K.H/c1-6-7-8-9-10-20(13-28-17(21)15(2)3,14-29-18(22)16(4)5)19(23)27-11-12-30(24,25)26;;/h2,4,6-14H2,1,3,5H3,(H,24,25,26);;. The Labute approximate surface area is 227 Å². The molecule has 0 aromatic carbocycles. The molecular weight excluding hydrogens is 455 g/mol. The van der Waals surface area contributed by atoms with Crippen LogP contribution in [0.1, 0.15) is 52.9 Å². The normalized spacial score (nSPS) is 11.1. The number of hydrogen-bond acceptors (Lipinski definition) is 8. The third-order valence-electron chi connectivity index (χ3n) is 4.17. The van der Waals surface area contributed by atoms with E-state index in [0.717, 1.165) is 19.3 Å². The molecule has 0 aliphatic carbocycles. The Bertz CT molecular complexity index is 714. The molecule has 31 heavy (non-hydrogen) atoms. The summed E-state index contributed by atoms with van der Waals surface area (Å²) in [4.78, 5) is 36.6. The fourth-order valence-electron chi connectivity index (χ4n) is 2.34. The van der Waals surface area contributed by atoms with E-state index in [9.17, 15) is 22.8 Å². The van der Waals surface area contributed by atoms with E-state index >= 15 is 0 Å². The molecule has 0 radical (unpaired) electrons. The summed E-state index contributed by atoms with van der Waals surface area (Å²) in [6.07, 6.45) is 3.35. The van der Waals surface area contributed by atoms with E-state index in [-0.39, 0.29) is 69.0 Å². The van der Waals surface area contributed by atoms with Crippen molar-refractivity contribution >= 4 is 79.4 Å². The predicted octanol–water partition coefficient (Wildman–Crippen LogP) is 1.96. The van der Waals surface area contributed by atoms with Crippen LogP contribution < -0.4 is 0 Å². The summed E-state index contributed by atoms with van der Waals surface area (Å²) < 4.78 is 46.0. The van der Waals surface area contributed by atoms with Gasteiger partial charge in [0, 0.05) is 11.1 Å². The molecule has 0 atom stereocenters. The van der Waals surface area contributed by atoms with Crippen molar-refractivity contribution in [1.29, 1.82) is 0 Å². The van der Waals surface area contributed by atoms with Gasteiger partial charge in [0.1, 0.15) is 31.0 Å². The number of carbonyl (C=O) groups excluding carboxylic acids is 3. The van der Waals surface area contributed by atoms with E-state index in [1.165, 1.54) is 13.8 Å². The van der Waals surface area contributed by atoms with Crippen LogP contribution in [0.3, 0.4) is 0 Å². The van der Waals surface area contributed by atoms with Crippen LogP contribution in [-0.2, 0) is 38.7 Å². The summed E-state index contributed by atoms with van der Waals surface area (Å²) in [6, 6.07) is 0. The number of rotatable bonds is 15. The zero-order valence-corrected chi connectivity index (χ0v) is 18.7. The molecule has 0 saturated carbocycles. The average molecular weight is 489 g/mol. The second-order valence-electron chi connectivity index (χ2n) is 7.23. The van der Waals surface area contributed by atoms with Crippen LogP contribution in [0.2, 0.25) is 0 Å². The SMILES string of the molecule is C=C(C)C(=O)OCC(CCCCCC)(COC(=O)C(=C)C)C(=O)OCCS(=O)(=O)O.[KH]. The number of hydrogen-bond donors (Lipinski definition) is 1. The van der Waals surface area contributed by atoms with Crippen molar-refractivity contribution in [3.8, 4) is 0 Å². The summed E-state index contributed by atoms with van der Waals surface area (Å²) in [5.74, 6) is -3.15. The van der Waals surface area contributed by atoms with Crippen LogP contribution in [0.25, 0.3) is 0 Å². The van der Waals surface area contributed by atoms with E-state index in [4.69, 9.17) is 18.8 Å². The monoisotopic (exact) mass is 488 g/mol. The van der Waals surface area contributed by atoms with Crippen molar-refractivity contribution < 1.29 is 41.6 Å². The number of ether oxygens (including phenoxy) is 3. The van der Waals surface area contributed by atoms with Crippen molar-refractivity contribution in [2.45, 2.75) is 52.9 Å². The number of carbonyl (C=O) groups is 3. The molecule has 0 bridgehead atoms. The predicted molar refractivity (Wildman–Crippen MR) is 117 cm³/mol. The third-order valence-corrected chi connectivity index (χ3v) is 4.85. The van der Waals surface area contributed by atoms with Crippen molar-refractivity contribution in [3.63, 3.8) is 0 Å². The molecule has 1 N–H and O–H groups in total. The van der Waals surface area contributed by atoms with Gasteiger partial charge in [-0.15, -0.1) is 0 Å². The van der Waals surface area contributed by atoms with Gasteiger partial charge in [0.25, 0.3) is 10.1 Å². The van der Waals surface area contributed by atoms with Gasteiger partial charge in [-0.3, -0.25) is 9.35 Å². The minimum atomic E-state index is -4.33. The van der Waals surface area contributed by atoms with Crippen LogP contribution in [-0.4, -0.2) is 108 Å². The van der Waals surface area contributed by atoms with Gasteiger partial charge in [0.05, 0.1) is 0 Å². The van der Waals surface area contributed by atoms with Gasteiger partial charge in [-0.25, -0.2) is 9.59 Å². The molecule has 9 nitrogen and oxygen atoms in total. The van der Waals surface area contributed by atoms with Crippen molar-refractivity contribution in [3.05, 3.63) is 24.3 Å². The van der Waals surface area contributed by atoms with Gasteiger partial charge in [-0.1, -0.05) is 45.8 Å². The Morgan fingerprint density at radius 3 is 1.77 bits per heavy atom. The zero-order chi connectivity index (χ0) is 23.4. The first-order valence-corrected chi connectivity index (χ1v) is 11.2. The fraction of sp³-hybridized carbons (Fsp3) is 0.650. The molecular formula is C20H33KO9S. The van der Waals surface area contributed by atoms with E-state index < -0.39 is 59.0 Å². The Morgan fingerprint density at radius 2 is 1.39 bits per heavy atom. The first kappa shape index (κ1) is 32.6. The Kier molecular flexibility index (Phi) is 17.0. The van der Waals surface area contributed by atoms with Crippen molar-refractivity contribution in [2.75, 3.05) is 25.6 Å². The molecule has 0 aromatic rings. The first-order chi connectivity index (χ1) is 13.8. The molecule has 0 aliphatic rings. The van der Waals surface area contributed by atoms with Crippen LogP contribution in [0.4, 0.5) is 0 Å². The van der Waals surface area contributed by atoms with E-state index in [0.29, 0.717) is 6.42 Å². The van der Waals surface area contributed by atoms with Gasteiger partial charge in [0.2, 0.25) is 0 Å². The summed E-state index contributed by atoms with van der Waals surface area (Å²) in [6.45, 7) is 10.4. The molecule has 0 unspecified atom stereocenters. The van der Waals surface area contributed by atoms with E-state index in [1.807, 2.05) is 6.92 Å². The Hall–Kier alpha value is -0.564. The molecule has 0 heterocycles. The summed E-state index contributed by atoms with van der Waals surface area (Å²) >= 11 is 0. The van der Waals surface area contributed by atoms with Gasteiger partial charge >= 0.3 is 69.3 Å². The molecule has 0 spiro atoms. The van der Waals surface area contributed by atoms with Gasteiger partial charge in [0.15, 0.2) is 0 Å². The molecule has 0 aromatic heterocycles. The summed E-state index contributed by atoms with van der Waals surface area (Å²) in [5, 5.41) is 0. The maximum absolute atomic E-state index is 12.9. The molecule has 11 heteroatoms. The molecule has 0 rings (SSSR count). The topological polar surface area (TPSA) is 133 Å². The van der Waals surface area contributed by atoms with Crippen LogP contribution in [0.5, 0.6) is 0 Å². The zero-order valence-electron chi connectivity index (χ0n) is 17.9. The van der Waals surface area contributed by atoms with Crippen LogP contribution in [0.15, 0.2) is 24.3 Å². The van der Waals surface area contributed by atoms with Gasteiger partial charge in [-0.2, -0.15) is 8.42 Å². The quantitative estimate of drug-likeness (QED) is 0.0917. The van der Waals surface area contributed by atoms with E-state index in [2.05, 4.69) is 13.2 Å². The Morgan fingerprint density at radius 1 is 0.903 bits per heavy atom. The van der Waals surface area contributed by atoms with Crippen molar-refractivity contribution in [2.24, 2.45) is 5.41 Å². The number of unbranched alkanes of at least 4 members (excludes halogenated alkanes) is 3. The third kappa shape index (κ3) is 14.2. The van der Waals surface area contributed by atoms with Crippen LogP contribution in [0, 0.1) is 5.41 Å². The molecule has 0 amide bonds.